The van der Waals surface area contributed by atoms with Gasteiger partial charge in [0.25, 0.3) is 5.91 Å². The first-order valence-corrected chi connectivity index (χ1v) is 12.8. The highest BCUT2D eigenvalue weighted by Crippen LogP contribution is 2.41. The summed E-state index contributed by atoms with van der Waals surface area (Å²) in [5.74, 6) is 1.02. The van der Waals surface area contributed by atoms with Crippen LogP contribution in [-0.4, -0.2) is 56.1 Å². The molecule has 0 aliphatic carbocycles. The number of fused-ring (bicyclic) bond motifs is 2. The number of rotatable bonds is 11. The van der Waals surface area contributed by atoms with E-state index in [1.807, 2.05) is 44.1 Å². The largest absolute Gasteiger partial charge is 0.490 e. The molecule has 1 aromatic heterocycles. The van der Waals surface area contributed by atoms with Gasteiger partial charge in [0.15, 0.2) is 16.9 Å². The van der Waals surface area contributed by atoms with Crippen molar-refractivity contribution in [1.29, 1.82) is 0 Å². The van der Waals surface area contributed by atoms with E-state index in [0.717, 1.165) is 24.8 Å². The van der Waals surface area contributed by atoms with E-state index in [-0.39, 0.29) is 17.1 Å². The lowest BCUT2D eigenvalue weighted by molar-refractivity contribution is 0.0716. The Labute approximate surface area is 216 Å². The zero-order valence-corrected chi connectivity index (χ0v) is 22.1. The Kier molecular flexibility index (Phi) is 8.21. The third-order valence-electron chi connectivity index (χ3n) is 6.30. The summed E-state index contributed by atoms with van der Waals surface area (Å²) < 4.78 is 17.9. The molecule has 8 heteroatoms. The minimum Gasteiger partial charge on any atom is -0.490 e. The Morgan fingerprint density at radius 3 is 2.56 bits per heavy atom. The number of unbranched alkanes of at least 4 members (excludes halogenated alkanes) is 2. The average Bonchev–Trinajstić information content (AvgIpc) is 3.13. The molecule has 192 valence electrons. The molecule has 0 fully saturated rings. The molecule has 0 N–H and O–H groups in total. The van der Waals surface area contributed by atoms with Crippen molar-refractivity contribution >= 4 is 28.5 Å². The van der Waals surface area contributed by atoms with E-state index in [0.29, 0.717) is 59.4 Å². The van der Waals surface area contributed by atoms with Crippen LogP contribution in [0.2, 0.25) is 5.02 Å². The van der Waals surface area contributed by atoms with Gasteiger partial charge in [0, 0.05) is 18.1 Å². The standard InChI is InChI=1S/C28H33ClN2O5/c1-5-7-8-15-35-22-11-9-18(16-23(22)34-6-2)25-24-26(32)20-17-19(29)10-12-21(20)36-27(24)28(33)31(25)14-13-30(3)4/h9-12,16-17,25H,5-8,13-15H2,1-4H3. The number of nitrogens with zero attached hydrogens (tertiary/aromatic N) is 2. The predicted molar refractivity (Wildman–Crippen MR) is 142 cm³/mol. The summed E-state index contributed by atoms with van der Waals surface area (Å²) in [4.78, 5) is 30.9. The van der Waals surface area contributed by atoms with Gasteiger partial charge in [0.1, 0.15) is 5.58 Å². The van der Waals surface area contributed by atoms with Crippen molar-refractivity contribution in [3.05, 3.63) is 68.5 Å². The minimum atomic E-state index is -0.611. The van der Waals surface area contributed by atoms with Gasteiger partial charge in [-0.2, -0.15) is 0 Å². The Balaban J connectivity index is 1.82. The fraction of sp³-hybridized carbons (Fsp3) is 0.429. The maximum Gasteiger partial charge on any atom is 0.290 e. The van der Waals surface area contributed by atoms with Gasteiger partial charge in [-0.05, 0) is 63.3 Å². The van der Waals surface area contributed by atoms with Gasteiger partial charge in [-0.3, -0.25) is 9.59 Å². The quantitative estimate of drug-likeness (QED) is 0.315. The molecule has 36 heavy (non-hydrogen) atoms. The molecule has 1 unspecified atom stereocenters. The lowest BCUT2D eigenvalue weighted by Crippen LogP contribution is -2.35. The fourth-order valence-corrected chi connectivity index (χ4v) is 4.67. The fourth-order valence-electron chi connectivity index (χ4n) is 4.49. The lowest BCUT2D eigenvalue weighted by Gasteiger charge is -2.27. The molecule has 1 aliphatic rings. The van der Waals surface area contributed by atoms with Gasteiger partial charge in [0.05, 0.1) is 30.2 Å². The second kappa shape index (κ2) is 11.4. The van der Waals surface area contributed by atoms with Crippen LogP contribution in [0.15, 0.2) is 45.6 Å². The SMILES string of the molecule is CCCCCOc1ccc(C2c3c(oc4ccc(Cl)cc4c3=O)C(=O)N2CCN(C)C)cc1OCC. The Hall–Kier alpha value is -3.03. The maximum absolute atomic E-state index is 13.7. The van der Waals surface area contributed by atoms with Crippen LogP contribution in [0.5, 0.6) is 11.5 Å². The van der Waals surface area contributed by atoms with Crippen LogP contribution in [-0.2, 0) is 0 Å². The van der Waals surface area contributed by atoms with Crippen LogP contribution >= 0.6 is 11.6 Å². The minimum absolute atomic E-state index is 0.0800. The second-order valence-corrected chi connectivity index (χ2v) is 9.65. The van der Waals surface area contributed by atoms with Crippen LogP contribution in [0.25, 0.3) is 11.0 Å². The molecule has 0 saturated carbocycles. The molecule has 2 heterocycles. The Morgan fingerprint density at radius 1 is 1.03 bits per heavy atom. The normalized spacial score (nSPS) is 15.1. The van der Waals surface area contributed by atoms with Crippen LogP contribution in [0.3, 0.4) is 0 Å². The highest BCUT2D eigenvalue weighted by molar-refractivity contribution is 6.31. The van der Waals surface area contributed by atoms with E-state index in [9.17, 15) is 9.59 Å². The molecule has 7 nitrogen and oxygen atoms in total. The van der Waals surface area contributed by atoms with E-state index >= 15 is 0 Å². The number of amides is 1. The van der Waals surface area contributed by atoms with Crippen molar-refractivity contribution in [2.45, 2.75) is 39.2 Å². The lowest BCUT2D eigenvalue weighted by atomic mass is 9.98. The molecule has 3 aromatic rings. The number of hydrogen-bond acceptors (Lipinski definition) is 6. The molecule has 0 saturated heterocycles. The van der Waals surface area contributed by atoms with Crippen LogP contribution in [0.1, 0.15) is 60.8 Å². The number of carbonyl (C=O) groups excluding carboxylic acids is 1. The van der Waals surface area contributed by atoms with Gasteiger partial charge < -0.3 is 23.7 Å². The molecule has 4 rings (SSSR count). The summed E-state index contributed by atoms with van der Waals surface area (Å²) in [5.41, 5.74) is 1.18. The van der Waals surface area contributed by atoms with E-state index in [1.54, 1.807) is 23.1 Å². The van der Waals surface area contributed by atoms with E-state index < -0.39 is 6.04 Å². The zero-order valence-electron chi connectivity index (χ0n) is 21.3. The number of likely N-dealkylation sites (N-methyl/N-ethyl adjacent to an activating group) is 1. The maximum atomic E-state index is 13.7. The molecule has 0 radical (unpaired) electrons. The molecular weight excluding hydrogens is 480 g/mol. The topological polar surface area (TPSA) is 72.2 Å². The summed E-state index contributed by atoms with van der Waals surface area (Å²) in [6.45, 7) is 6.18. The molecule has 1 aliphatic heterocycles. The van der Waals surface area contributed by atoms with E-state index in [1.165, 1.54) is 0 Å². The number of halogens is 1. The smallest absolute Gasteiger partial charge is 0.290 e. The van der Waals surface area contributed by atoms with Gasteiger partial charge in [-0.25, -0.2) is 0 Å². The Bertz CT molecular complexity index is 1300. The molecule has 0 spiro atoms. The van der Waals surface area contributed by atoms with Crippen molar-refractivity contribution in [2.24, 2.45) is 0 Å². The highest BCUT2D eigenvalue weighted by atomic mass is 35.5. The van der Waals surface area contributed by atoms with Crippen LogP contribution < -0.4 is 14.9 Å². The monoisotopic (exact) mass is 512 g/mol. The number of carbonyl (C=O) groups is 1. The van der Waals surface area contributed by atoms with Crippen LogP contribution in [0.4, 0.5) is 0 Å². The van der Waals surface area contributed by atoms with Gasteiger partial charge in [0.2, 0.25) is 5.76 Å². The third-order valence-corrected chi connectivity index (χ3v) is 6.54. The first kappa shape index (κ1) is 26.0. The van der Waals surface area contributed by atoms with E-state index in [2.05, 4.69) is 6.92 Å². The van der Waals surface area contributed by atoms with Crippen molar-refractivity contribution in [2.75, 3.05) is 40.4 Å². The summed E-state index contributed by atoms with van der Waals surface area (Å²) >= 11 is 6.18. The van der Waals surface area contributed by atoms with Gasteiger partial charge in [-0.1, -0.05) is 37.4 Å². The molecular formula is C28H33ClN2O5. The van der Waals surface area contributed by atoms with Crippen molar-refractivity contribution in [1.82, 2.24) is 9.80 Å². The second-order valence-electron chi connectivity index (χ2n) is 9.21. The van der Waals surface area contributed by atoms with Gasteiger partial charge in [-0.15, -0.1) is 0 Å². The van der Waals surface area contributed by atoms with Crippen molar-refractivity contribution in [3.8, 4) is 11.5 Å². The molecule has 1 amide bonds. The predicted octanol–water partition coefficient (Wildman–Crippen LogP) is 5.52. The van der Waals surface area contributed by atoms with Crippen LogP contribution in [0, 0.1) is 0 Å². The molecule has 2 aromatic carbocycles. The van der Waals surface area contributed by atoms with Crippen molar-refractivity contribution < 1.29 is 18.7 Å². The van der Waals surface area contributed by atoms with Gasteiger partial charge >= 0.3 is 0 Å². The van der Waals surface area contributed by atoms with E-state index in [4.69, 9.17) is 25.5 Å². The van der Waals surface area contributed by atoms with Crippen molar-refractivity contribution in [3.63, 3.8) is 0 Å². The molecule has 0 bridgehead atoms. The number of hydrogen-bond donors (Lipinski definition) is 0. The third kappa shape index (κ3) is 5.22. The Morgan fingerprint density at radius 2 is 1.83 bits per heavy atom. The number of ether oxygens (including phenoxy) is 2. The summed E-state index contributed by atoms with van der Waals surface area (Å²) in [7, 11) is 3.89. The molecule has 1 atom stereocenters. The first-order chi connectivity index (χ1) is 17.3. The first-order valence-electron chi connectivity index (χ1n) is 12.5. The highest BCUT2D eigenvalue weighted by Gasteiger charge is 2.42. The zero-order chi connectivity index (χ0) is 25.8. The summed E-state index contributed by atoms with van der Waals surface area (Å²) in [6.07, 6.45) is 3.17. The summed E-state index contributed by atoms with van der Waals surface area (Å²) in [6, 6.07) is 9.88. The number of benzene rings is 2. The average molecular weight is 513 g/mol. The summed E-state index contributed by atoms with van der Waals surface area (Å²) in [5, 5.41) is 0.790.